The largest absolute Gasteiger partial charge is 0.455 e. The summed E-state index contributed by atoms with van der Waals surface area (Å²) in [5, 5.41) is 10.2. The molecule has 3 nitrogen and oxygen atoms in total. The van der Waals surface area contributed by atoms with Crippen LogP contribution in [0.2, 0.25) is 0 Å². The molecule has 5 heteroatoms. The van der Waals surface area contributed by atoms with E-state index in [1.165, 1.54) is 38.8 Å². The number of hydrogen-bond acceptors (Lipinski definition) is 4. The molecule has 0 aliphatic carbocycles. The van der Waals surface area contributed by atoms with Gasteiger partial charge >= 0.3 is 0 Å². The Hall–Kier alpha value is -4.63. The zero-order chi connectivity index (χ0) is 30.7. The Morgan fingerprint density at radius 3 is 2.00 bits per heavy atom. The van der Waals surface area contributed by atoms with E-state index < -0.39 is 6.04 Å². The second kappa shape index (κ2) is 8.20. The molecule has 1 atom stereocenters. The van der Waals surface area contributed by atoms with Crippen LogP contribution in [0.3, 0.4) is 0 Å². The van der Waals surface area contributed by atoms with Crippen LogP contribution in [0, 0.1) is 0 Å². The lowest BCUT2D eigenvalue weighted by molar-refractivity contribution is 0.475. The van der Waals surface area contributed by atoms with Gasteiger partial charge in [0.1, 0.15) is 23.0 Å². The first-order valence-corrected chi connectivity index (χ1v) is 18.7. The van der Waals surface area contributed by atoms with Gasteiger partial charge in [0.05, 0.1) is 33.3 Å². The second-order valence-corrected chi connectivity index (χ2v) is 18.2. The SMILES string of the molecule is CC(C)(C)c1ccc2c(c1)Cc1c3c4c(c5ccccc15)Oc1c5c(cc6ccccc16)Oc1c(c(cc6ccccc16)N23)P54=S. The Balaban J connectivity index is 1.38. The molecule has 220 valence electrons. The summed E-state index contributed by atoms with van der Waals surface area (Å²) in [6, 6.07) is 34.8. The lowest BCUT2D eigenvalue weighted by Gasteiger charge is -2.49. The van der Waals surface area contributed by atoms with E-state index in [1.54, 1.807) is 0 Å². The maximum atomic E-state index is 7.25. The maximum Gasteiger partial charge on any atom is 0.148 e. The molecule has 0 fully saturated rings. The summed E-state index contributed by atoms with van der Waals surface area (Å²) >= 11 is 7.25. The fraction of sp³-hybridized carbons (Fsp3) is 0.122. The van der Waals surface area contributed by atoms with Gasteiger partial charge in [0.15, 0.2) is 0 Å². The smallest absolute Gasteiger partial charge is 0.148 e. The van der Waals surface area contributed by atoms with Crippen LogP contribution in [0.1, 0.15) is 37.5 Å². The summed E-state index contributed by atoms with van der Waals surface area (Å²) in [6.07, 6.45) is 0.845. The van der Waals surface area contributed by atoms with Gasteiger partial charge in [-0.25, -0.2) is 0 Å². The van der Waals surface area contributed by atoms with Crippen LogP contribution in [0.4, 0.5) is 17.1 Å². The Bertz CT molecular complexity index is 2650. The number of benzene rings is 7. The van der Waals surface area contributed by atoms with Crippen LogP contribution in [-0.4, -0.2) is 0 Å². The Morgan fingerprint density at radius 2 is 1.26 bits per heavy atom. The van der Waals surface area contributed by atoms with Crippen LogP contribution in [-0.2, 0) is 23.6 Å². The van der Waals surface area contributed by atoms with E-state index in [4.69, 9.17) is 21.3 Å². The fourth-order valence-corrected chi connectivity index (χ4v) is 13.4. The summed E-state index contributed by atoms with van der Waals surface area (Å²) in [7, 11) is 0. The highest BCUT2D eigenvalue weighted by molar-refractivity contribution is 8.26. The Labute approximate surface area is 272 Å². The zero-order valence-electron chi connectivity index (χ0n) is 25.6. The summed E-state index contributed by atoms with van der Waals surface area (Å²) in [5.41, 5.74) is 7.63. The lowest BCUT2D eigenvalue weighted by Crippen LogP contribution is -2.44. The number of hydrogen-bond donors (Lipinski definition) is 0. The summed E-state index contributed by atoms with van der Waals surface area (Å²) in [5.74, 6) is 3.51. The molecule has 0 bridgehead atoms. The third-order valence-corrected chi connectivity index (χ3v) is 15.3. The fourth-order valence-electron chi connectivity index (χ4n) is 8.41. The van der Waals surface area contributed by atoms with Gasteiger partial charge < -0.3 is 14.4 Å². The molecule has 0 saturated heterocycles. The van der Waals surface area contributed by atoms with Crippen LogP contribution >= 0.6 is 6.04 Å². The second-order valence-electron chi connectivity index (χ2n) is 14.0. The van der Waals surface area contributed by atoms with E-state index in [0.29, 0.717) is 0 Å². The van der Waals surface area contributed by atoms with Gasteiger partial charge in [-0.2, -0.15) is 0 Å². The van der Waals surface area contributed by atoms with E-state index in [0.717, 1.165) is 72.6 Å². The number of ether oxygens (including phenoxy) is 2. The highest BCUT2D eigenvalue weighted by Gasteiger charge is 2.53. The molecule has 4 aliphatic rings. The summed E-state index contributed by atoms with van der Waals surface area (Å²) < 4.78 is 14.3. The van der Waals surface area contributed by atoms with Crippen molar-refractivity contribution < 1.29 is 9.47 Å². The van der Waals surface area contributed by atoms with Crippen molar-refractivity contribution in [1.29, 1.82) is 0 Å². The third-order valence-electron chi connectivity index (χ3n) is 10.5. The topological polar surface area (TPSA) is 21.7 Å². The van der Waals surface area contributed by atoms with E-state index in [1.807, 2.05) is 0 Å². The average molecular weight is 630 g/mol. The highest BCUT2D eigenvalue weighted by Crippen LogP contribution is 2.69. The summed E-state index contributed by atoms with van der Waals surface area (Å²) in [6.45, 7) is 6.88. The molecule has 4 heterocycles. The highest BCUT2D eigenvalue weighted by atomic mass is 32.4. The summed E-state index contributed by atoms with van der Waals surface area (Å²) in [4.78, 5) is 2.51. The standard InChI is InChI=1S/C41H28NO2PS/c1-41(2,3)25-16-17-31-24(18-25)19-30-28-14-8-9-15-29(28)37-40-34(30)42(31)32-20-22-10-4-6-12-26(22)35-38(32)45(40,46)39-33(43-35)21-23-11-5-7-13-27(23)36(39)44-37/h4-18,20-21H,19H2,1-3H3. The molecule has 0 aromatic heterocycles. The van der Waals surface area contributed by atoms with Gasteiger partial charge in [-0.1, -0.05) is 118 Å². The zero-order valence-corrected chi connectivity index (χ0v) is 27.4. The number of anilines is 3. The minimum atomic E-state index is -2.65. The molecule has 46 heavy (non-hydrogen) atoms. The maximum absolute atomic E-state index is 7.25. The van der Waals surface area contributed by atoms with Crippen LogP contribution in [0.15, 0.2) is 103 Å². The molecule has 0 saturated carbocycles. The first-order valence-electron chi connectivity index (χ1n) is 15.9. The predicted octanol–water partition coefficient (Wildman–Crippen LogP) is 10.1. The third kappa shape index (κ3) is 2.90. The number of nitrogens with zero attached hydrogens (tertiary/aromatic N) is 1. The van der Waals surface area contributed by atoms with Gasteiger partial charge in [0.2, 0.25) is 0 Å². The lowest BCUT2D eigenvalue weighted by atomic mass is 9.83. The van der Waals surface area contributed by atoms with Crippen LogP contribution in [0.25, 0.3) is 32.3 Å². The molecule has 1 unspecified atom stereocenters. The average Bonchev–Trinajstić information content (AvgIpc) is 3.06. The number of rotatable bonds is 0. The Kier molecular flexibility index (Phi) is 4.55. The predicted molar refractivity (Wildman–Crippen MR) is 195 cm³/mol. The molecular formula is C41H28NO2PS. The van der Waals surface area contributed by atoms with Gasteiger partial charge in [0.25, 0.3) is 0 Å². The Morgan fingerprint density at radius 1 is 0.630 bits per heavy atom. The number of fused-ring (bicyclic) bond motifs is 10. The normalized spacial score (nSPS) is 17.8. The quantitative estimate of drug-likeness (QED) is 0.156. The van der Waals surface area contributed by atoms with E-state index >= 15 is 0 Å². The van der Waals surface area contributed by atoms with E-state index in [-0.39, 0.29) is 5.41 Å². The molecule has 0 amide bonds. The van der Waals surface area contributed by atoms with E-state index in [9.17, 15) is 0 Å². The first-order chi connectivity index (χ1) is 22.3. The van der Waals surface area contributed by atoms with Gasteiger partial charge in [-0.15, -0.1) is 0 Å². The van der Waals surface area contributed by atoms with Crippen molar-refractivity contribution in [3.8, 4) is 23.0 Å². The van der Waals surface area contributed by atoms with Gasteiger partial charge in [0, 0.05) is 28.3 Å². The van der Waals surface area contributed by atoms with Crippen molar-refractivity contribution in [2.24, 2.45) is 0 Å². The molecule has 0 N–H and O–H groups in total. The molecule has 4 aliphatic heterocycles. The van der Waals surface area contributed by atoms with Gasteiger partial charge in [-0.3, -0.25) is 0 Å². The van der Waals surface area contributed by atoms with Crippen molar-refractivity contribution in [1.82, 2.24) is 0 Å². The van der Waals surface area contributed by atoms with Crippen molar-refractivity contribution in [3.05, 3.63) is 120 Å². The minimum Gasteiger partial charge on any atom is -0.455 e. The van der Waals surface area contributed by atoms with Crippen LogP contribution in [0.5, 0.6) is 23.0 Å². The van der Waals surface area contributed by atoms with Gasteiger partial charge in [-0.05, 0) is 56.5 Å². The van der Waals surface area contributed by atoms with Crippen molar-refractivity contribution in [3.63, 3.8) is 0 Å². The molecule has 7 aromatic rings. The van der Waals surface area contributed by atoms with Crippen molar-refractivity contribution in [2.45, 2.75) is 32.6 Å². The molecular weight excluding hydrogens is 601 g/mol. The van der Waals surface area contributed by atoms with Crippen molar-refractivity contribution >= 4 is 83.1 Å². The molecule has 7 aromatic carbocycles. The van der Waals surface area contributed by atoms with Crippen molar-refractivity contribution in [2.75, 3.05) is 4.90 Å². The molecule has 0 radical (unpaired) electrons. The van der Waals surface area contributed by atoms with E-state index in [2.05, 4.69) is 129 Å². The monoisotopic (exact) mass is 629 g/mol. The van der Waals surface area contributed by atoms with Crippen LogP contribution < -0.4 is 30.3 Å². The molecule has 11 rings (SSSR count). The molecule has 0 spiro atoms. The first kappa shape index (κ1) is 25.5. The minimum absolute atomic E-state index is 0.0447.